The molecule has 0 saturated carbocycles. The lowest BCUT2D eigenvalue weighted by molar-refractivity contribution is -0.143. The molecule has 1 aliphatic rings. The van der Waals surface area contributed by atoms with Gasteiger partial charge >= 0.3 is 5.97 Å². The maximum atomic E-state index is 13.3. The van der Waals surface area contributed by atoms with Crippen LogP contribution in [0, 0.1) is 0 Å². The lowest BCUT2D eigenvalue weighted by Gasteiger charge is -2.29. The van der Waals surface area contributed by atoms with Crippen LogP contribution in [0.15, 0.2) is 69.8 Å². The number of ether oxygens (including phenoxy) is 1. The monoisotopic (exact) mass is 497 g/mol. The summed E-state index contributed by atoms with van der Waals surface area (Å²) in [6, 6.07) is 13.9. The van der Waals surface area contributed by atoms with E-state index in [0.717, 1.165) is 5.56 Å². The Bertz CT molecular complexity index is 1320. The van der Waals surface area contributed by atoms with Gasteiger partial charge in [0.1, 0.15) is 11.6 Å². The first-order valence-electron chi connectivity index (χ1n) is 10.7. The van der Waals surface area contributed by atoms with Crippen molar-refractivity contribution in [3.8, 4) is 5.75 Å². The zero-order valence-corrected chi connectivity index (χ0v) is 20.5. The number of nitrogens with zero attached hydrogens (tertiary/aromatic N) is 1. The van der Waals surface area contributed by atoms with Crippen LogP contribution in [-0.2, 0) is 15.3 Å². The second kappa shape index (κ2) is 9.95. The van der Waals surface area contributed by atoms with E-state index in [-0.39, 0.29) is 17.4 Å². The Balaban J connectivity index is 1.76. The molecule has 7 nitrogen and oxygen atoms in total. The van der Waals surface area contributed by atoms with Crippen LogP contribution in [0.2, 0.25) is 5.02 Å². The summed E-state index contributed by atoms with van der Waals surface area (Å²) in [7, 11) is 0. The highest BCUT2D eigenvalue weighted by Gasteiger charge is 2.36. The van der Waals surface area contributed by atoms with Crippen molar-refractivity contribution in [2.75, 3.05) is 5.32 Å². The van der Waals surface area contributed by atoms with Crippen LogP contribution in [0.5, 0.6) is 5.75 Å². The van der Waals surface area contributed by atoms with Crippen LogP contribution in [0.3, 0.4) is 0 Å². The van der Waals surface area contributed by atoms with E-state index >= 15 is 0 Å². The molecule has 1 unspecified atom stereocenters. The second-order valence-electron chi connectivity index (χ2n) is 8.16. The van der Waals surface area contributed by atoms with Gasteiger partial charge in [0, 0.05) is 16.5 Å². The molecule has 2 heterocycles. The molecule has 1 aromatic heterocycles. The van der Waals surface area contributed by atoms with E-state index in [4.69, 9.17) is 16.3 Å². The number of hydrogen-bond donors (Lipinski definition) is 3. The molecule has 3 aromatic rings. The number of carbonyl (C=O) groups is 1. The number of esters is 1. The van der Waals surface area contributed by atoms with Gasteiger partial charge < -0.3 is 20.1 Å². The molecule has 4 rings (SSSR count). The molecule has 0 radical (unpaired) electrons. The standard InChI is InChI=1S/C25H24ClN3O4S/c1-13(2)33-24(32)19-14(3)27-22-21(20(19)15-8-10-17(30)11-9-15)23(31)29-25(28-22)34-12-16-6-4-5-7-18(16)26/h4-11,13,20,30H,12H2,1-3H3,(H2,27,28,29,31). The first-order valence-corrected chi connectivity index (χ1v) is 12.1. The molecule has 1 aliphatic heterocycles. The molecular formula is C25H24ClN3O4S. The number of allylic oxidation sites excluding steroid dienone is 1. The van der Waals surface area contributed by atoms with Crippen molar-refractivity contribution in [1.29, 1.82) is 0 Å². The van der Waals surface area contributed by atoms with Gasteiger partial charge in [-0.3, -0.25) is 4.79 Å². The van der Waals surface area contributed by atoms with Crippen molar-refractivity contribution >= 4 is 35.1 Å². The largest absolute Gasteiger partial charge is 0.508 e. The fraction of sp³-hybridized carbons (Fsp3) is 0.240. The van der Waals surface area contributed by atoms with Crippen molar-refractivity contribution in [2.45, 2.75) is 43.7 Å². The van der Waals surface area contributed by atoms with E-state index in [1.54, 1.807) is 32.9 Å². The predicted octanol–water partition coefficient (Wildman–Crippen LogP) is 5.20. The SMILES string of the molecule is CC1=C(C(=O)OC(C)C)C(c2ccc(O)cc2)c2c(nc(SCc3ccccc3Cl)[nH]c2=O)N1. The van der Waals surface area contributed by atoms with Crippen LogP contribution in [-0.4, -0.2) is 27.1 Å². The highest BCUT2D eigenvalue weighted by atomic mass is 35.5. The number of aromatic amines is 1. The average molecular weight is 498 g/mol. The van der Waals surface area contributed by atoms with Crippen molar-refractivity contribution in [1.82, 2.24) is 9.97 Å². The van der Waals surface area contributed by atoms with Crippen LogP contribution < -0.4 is 10.9 Å². The summed E-state index contributed by atoms with van der Waals surface area (Å²) in [4.78, 5) is 33.8. The summed E-state index contributed by atoms with van der Waals surface area (Å²) < 4.78 is 5.48. The molecule has 0 spiro atoms. The number of benzene rings is 2. The third-order valence-electron chi connectivity index (χ3n) is 5.33. The number of carbonyl (C=O) groups excluding carboxylic acids is 1. The number of nitrogens with one attached hydrogen (secondary N) is 2. The Hall–Kier alpha value is -3.23. The zero-order valence-electron chi connectivity index (χ0n) is 18.9. The third kappa shape index (κ3) is 4.98. The average Bonchev–Trinajstić information content (AvgIpc) is 2.77. The van der Waals surface area contributed by atoms with Gasteiger partial charge in [-0.2, -0.15) is 0 Å². The Kier molecular flexibility index (Phi) is 7.00. The number of phenols is 1. The summed E-state index contributed by atoms with van der Waals surface area (Å²) in [6.07, 6.45) is -0.324. The van der Waals surface area contributed by atoms with E-state index in [2.05, 4.69) is 15.3 Å². The van der Waals surface area contributed by atoms with Crippen LogP contribution in [0.4, 0.5) is 5.82 Å². The van der Waals surface area contributed by atoms with Crippen LogP contribution in [0.25, 0.3) is 0 Å². The molecule has 0 saturated heterocycles. The second-order valence-corrected chi connectivity index (χ2v) is 9.53. The molecule has 1 atom stereocenters. The number of H-pyrrole nitrogens is 1. The number of fused-ring (bicyclic) bond motifs is 1. The topological polar surface area (TPSA) is 104 Å². The quantitative estimate of drug-likeness (QED) is 0.244. The summed E-state index contributed by atoms with van der Waals surface area (Å²) in [5, 5.41) is 14.0. The Labute approximate surface area is 206 Å². The summed E-state index contributed by atoms with van der Waals surface area (Å²) in [5.41, 5.74) is 2.43. The van der Waals surface area contributed by atoms with E-state index in [0.29, 0.717) is 44.1 Å². The number of anilines is 1. The summed E-state index contributed by atoms with van der Waals surface area (Å²) >= 11 is 7.61. The third-order valence-corrected chi connectivity index (χ3v) is 6.62. The minimum atomic E-state index is -0.707. The zero-order chi connectivity index (χ0) is 24.4. The highest BCUT2D eigenvalue weighted by molar-refractivity contribution is 7.98. The van der Waals surface area contributed by atoms with Crippen molar-refractivity contribution in [2.24, 2.45) is 0 Å². The van der Waals surface area contributed by atoms with Crippen molar-refractivity contribution in [3.05, 3.63) is 91.9 Å². The molecule has 0 aliphatic carbocycles. The molecular weight excluding hydrogens is 474 g/mol. The van der Waals surface area contributed by atoms with Gasteiger partial charge in [0.15, 0.2) is 5.16 Å². The van der Waals surface area contributed by atoms with Gasteiger partial charge in [-0.05, 0) is 50.1 Å². The van der Waals surface area contributed by atoms with Crippen molar-refractivity contribution < 1.29 is 14.6 Å². The molecule has 9 heteroatoms. The van der Waals surface area contributed by atoms with Crippen LogP contribution in [0.1, 0.15) is 43.4 Å². The molecule has 34 heavy (non-hydrogen) atoms. The lowest BCUT2D eigenvalue weighted by Crippen LogP contribution is -2.31. The Morgan fingerprint density at radius 3 is 2.59 bits per heavy atom. The highest BCUT2D eigenvalue weighted by Crippen LogP contribution is 2.40. The molecule has 3 N–H and O–H groups in total. The summed E-state index contributed by atoms with van der Waals surface area (Å²) in [5.74, 6) is -0.226. The number of aromatic nitrogens is 2. The molecule has 0 amide bonds. The number of hydrogen-bond acceptors (Lipinski definition) is 7. The Morgan fingerprint density at radius 2 is 1.91 bits per heavy atom. The van der Waals surface area contributed by atoms with Crippen LogP contribution >= 0.6 is 23.4 Å². The van der Waals surface area contributed by atoms with Gasteiger partial charge in [0.05, 0.1) is 23.2 Å². The predicted molar refractivity (Wildman–Crippen MR) is 133 cm³/mol. The van der Waals surface area contributed by atoms with Gasteiger partial charge in [0.25, 0.3) is 5.56 Å². The molecule has 2 aromatic carbocycles. The number of thioether (sulfide) groups is 1. The number of halogens is 1. The first-order chi connectivity index (χ1) is 16.2. The number of aromatic hydroxyl groups is 1. The van der Waals surface area contributed by atoms with Crippen molar-refractivity contribution in [3.63, 3.8) is 0 Å². The van der Waals surface area contributed by atoms with E-state index in [1.807, 2.05) is 24.3 Å². The fourth-order valence-electron chi connectivity index (χ4n) is 3.81. The molecule has 176 valence electrons. The smallest absolute Gasteiger partial charge is 0.337 e. The fourth-order valence-corrected chi connectivity index (χ4v) is 4.96. The molecule has 0 bridgehead atoms. The molecule has 0 fully saturated rings. The first kappa shape index (κ1) is 23.9. The minimum Gasteiger partial charge on any atom is -0.508 e. The normalized spacial score (nSPS) is 15.1. The van der Waals surface area contributed by atoms with Gasteiger partial charge in [-0.25, -0.2) is 9.78 Å². The van der Waals surface area contributed by atoms with E-state index in [1.165, 1.54) is 23.9 Å². The van der Waals surface area contributed by atoms with Gasteiger partial charge in [-0.1, -0.05) is 53.7 Å². The number of phenolic OH excluding ortho intramolecular Hbond substituents is 1. The minimum absolute atomic E-state index is 0.0864. The lowest BCUT2D eigenvalue weighted by atomic mass is 9.82. The van der Waals surface area contributed by atoms with Gasteiger partial charge in [-0.15, -0.1) is 0 Å². The van der Waals surface area contributed by atoms with E-state index in [9.17, 15) is 14.7 Å². The maximum absolute atomic E-state index is 13.3. The van der Waals surface area contributed by atoms with Gasteiger partial charge in [0.2, 0.25) is 0 Å². The maximum Gasteiger partial charge on any atom is 0.337 e. The number of rotatable bonds is 6. The Morgan fingerprint density at radius 1 is 1.21 bits per heavy atom. The summed E-state index contributed by atoms with van der Waals surface area (Å²) in [6.45, 7) is 5.29. The van der Waals surface area contributed by atoms with E-state index < -0.39 is 11.9 Å².